The topological polar surface area (TPSA) is 285 Å². The van der Waals surface area contributed by atoms with Crippen LogP contribution in [0.15, 0.2) is 11.8 Å². The van der Waals surface area contributed by atoms with Gasteiger partial charge in [0.1, 0.15) is 41.4 Å². The van der Waals surface area contributed by atoms with Gasteiger partial charge in [-0.05, 0) is 39.4 Å². The van der Waals surface area contributed by atoms with Crippen molar-refractivity contribution in [1.29, 1.82) is 5.41 Å². The average molecular weight is 631 g/mol. The van der Waals surface area contributed by atoms with E-state index in [0.717, 1.165) is 6.54 Å². The number of nitrogens with one attached hydrogen (secondary N) is 5. The van der Waals surface area contributed by atoms with Crippen molar-refractivity contribution in [1.82, 2.24) is 21.3 Å². The summed E-state index contributed by atoms with van der Waals surface area (Å²) in [4.78, 5) is 13.3. The van der Waals surface area contributed by atoms with E-state index in [4.69, 9.17) is 41.6 Å². The van der Waals surface area contributed by atoms with E-state index in [0.29, 0.717) is 18.7 Å². The summed E-state index contributed by atoms with van der Waals surface area (Å²) in [6.07, 6.45) is -4.89. The largest absolute Gasteiger partial charge is 0.467 e. The normalized spacial score (nSPS) is 44.1. The van der Waals surface area contributed by atoms with Crippen LogP contribution in [-0.2, 0) is 23.7 Å². The van der Waals surface area contributed by atoms with Gasteiger partial charge in [0.2, 0.25) is 6.29 Å². The Morgan fingerprint density at radius 3 is 2.43 bits per heavy atom. The molecule has 2 aliphatic carbocycles. The second-order valence-electron chi connectivity index (χ2n) is 12.5. The second kappa shape index (κ2) is 14.1. The third kappa shape index (κ3) is 7.61. The summed E-state index contributed by atoms with van der Waals surface area (Å²) >= 11 is 0. The standard InChI is InChI=1S/C27H50N8O9/c1-4-33-10-13-5-6-14(28)22(42-13)43-19-15(29)7-16(35-24(38)27(40)8-12(9-27)34-25(30)31)20(17(19)36)44-23-18(37)21(32-3)26(2,39)11-41-23/h5,12,14-23,32-33,36-37,39-40H,4,6-11,28-29H2,1-3H3,(H,35,38)(H4,30,31,34)/t12?,14-,15+,16-,17+,18-,19?,20+,21-,22-,23-,26+,27?/m1/s1. The Hall–Kier alpha value is -2.16. The molecule has 0 aromatic heterocycles. The van der Waals surface area contributed by atoms with Crippen molar-refractivity contribution >= 4 is 11.9 Å². The van der Waals surface area contributed by atoms with Crippen LogP contribution in [0, 0.1) is 5.41 Å². The first-order valence-corrected chi connectivity index (χ1v) is 15.1. The molecule has 17 heteroatoms. The van der Waals surface area contributed by atoms with Gasteiger partial charge in [0, 0.05) is 24.9 Å². The summed E-state index contributed by atoms with van der Waals surface area (Å²) in [5.41, 5.74) is 15.0. The van der Waals surface area contributed by atoms with Crippen LogP contribution < -0.4 is 38.5 Å². The van der Waals surface area contributed by atoms with Crippen LogP contribution in [0.5, 0.6) is 0 Å². The number of likely N-dealkylation sites (N-methyl/N-ethyl adjacent to an activating group) is 2. The van der Waals surface area contributed by atoms with Crippen molar-refractivity contribution in [3.05, 3.63) is 11.8 Å². The number of hydrogen-bond acceptors (Lipinski definition) is 14. The molecule has 0 radical (unpaired) electrons. The molecule has 4 aliphatic rings. The van der Waals surface area contributed by atoms with Gasteiger partial charge >= 0.3 is 0 Å². The number of carbonyl (C=O) groups excluding carboxylic acids is 1. The summed E-state index contributed by atoms with van der Waals surface area (Å²) in [6, 6.07) is -3.48. The van der Waals surface area contributed by atoms with Crippen LogP contribution >= 0.6 is 0 Å². The molecule has 44 heavy (non-hydrogen) atoms. The SMILES string of the molecule is CCNCC1=CC[C@@H](N)[C@@H](OC2[C@@H](N)C[C@@H](NC(=O)C3(O)CC(NC(=N)N)C3)[C@H](O[C@H]3OC[C@](C)(O)[C@H](NC)[C@H]3O)[C@H]2O)O1. The van der Waals surface area contributed by atoms with E-state index in [2.05, 4.69) is 21.3 Å². The molecule has 252 valence electrons. The maximum absolute atomic E-state index is 13.3. The van der Waals surface area contributed by atoms with Gasteiger partial charge in [-0.3, -0.25) is 10.2 Å². The third-order valence-electron chi connectivity index (χ3n) is 8.79. The molecule has 0 aromatic carbocycles. The monoisotopic (exact) mass is 630 g/mol. The fraction of sp³-hybridized carbons (Fsp3) is 0.852. The highest BCUT2D eigenvalue weighted by molar-refractivity contribution is 5.87. The zero-order valence-corrected chi connectivity index (χ0v) is 25.4. The number of hydrogen-bond donors (Lipinski definition) is 12. The highest BCUT2D eigenvalue weighted by Gasteiger charge is 2.54. The maximum Gasteiger partial charge on any atom is 0.252 e. The molecule has 1 amide bonds. The highest BCUT2D eigenvalue weighted by Crippen LogP contribution is 2.35. The van der Waals surface area contributed by atoms with Gasteiger partial charge in [-0.1, -0.05) is 6.92 Å². The van der Waals surface area contributed by atoms with Crippen molar-refractivity contribution in [2.75, 3.05) is 26.7 Å². The van der Waals surface area contributed by atoms with Gasteiger partial charge < -0.3 is 77.8 Å². The Kier molecular flexibility index (Phi) is 11.1. The van der Waals surface area contributed by atoms with Crippen molar-refractivity contribution < 1.29 is 44.2 Å². The van der Waals surface area contributed by atoms with Crippen molar-refractivity contribution in [3.8, 4) is 0 Å². The van der Waals surface area contributed by atoms with Crippen LogP contribution in [0.2, 0.25) is 0 Å². The molecule has 3 fully saturated rings. The number of ether oxygens (including phenoxy) is 4. The zero-order valence-electron chi connectivity index (χ0n) is 25.4. The molecule has 0 spiro atoms. The predicted octanol–water partition coefficient (Wildman–Crippen LogP) is -4.67. The Labute approximate surface area is 256 Å². The average Bonchev–Trinajstić information content (AvgIpc) is 2.93. The second-order valence-corrected chi connectivity index (χ2v) is 12.5. The van der Waals surface area contributed by atoms with Gasteiger partial charge in [-0.25, -0.2) is 0 Å². The first-order chi connectivity index (χ1) is 20.7. The molecular weight excluding hydrogens is 580 g/mol. The smallest absolute Gasteiger partial charge is 0.252 e. The van der Waals surface area contributed by atoms with E-state index >= 15 is 0 Å². The van der Waals surface area contributed by atoms with Crippen LogP contribution in [0.1, 0.15) is 39.5 Å². The Morgan fingerprint density at radius 2 is 1.80 bits per heavy atom. The number of aliphatic hydroxyl groups is 4. The molecule has 0 aromatic rings. The van der Waals surface area contributed by atoms with Gasteiger partial charge in [0.05, 0.1) is 31.3 Å². The molecule has 2 saturated carbocycles. The number of carbonyl (C=O) groups is 1. The fourth-order valence-corrected chi connectivity index (χ4v) is 6.33. The molecule has 4 rings (SSSR count). The summed E-state index contributed by atoms with van der Waals surface area (Å²) in [7, 11) is 1.58. The Balaban J connectivity index is 1.52. The minimum Gasteiger partial charge on any atom is -0.467 e. The highest BCUT2D eigenvalue weighted by atomic mass is 16.7. The lowest BCUT2D eigenvalue weighted by atomic mass is 9.74. The van der Waals surface area contributed by atoms with Crippen molar-refractivity contribution in [2.24, 2.45) is 17.2 Å². The van der Waals surface area contributed by atoms with Gasteiger partial charge in [0.25, 0.3) is 5.91 Å². The predicted molar refractivity (Wildman–Crippen MR) is 157 cm³/mol. The lowest BCUT2D eigenvalue weighted by Gasteiger charge is -2.49. The Morgan fingerprint density at radius 1 is 1.11 bits per heavy atom. The van der Waals surface area contributed by atoms with Crippen molar-refractivity contribution in [3.63, 3.8) is 0 Å². The first-order valence-electron chi connectivity index (χ1n) is 15.1. The molecule has 1 saturated heterocycles. The number of amides is 1. The van der Waals surface area contributed by atoms with Crippen LogP contribution in [0.4, 0.5) is 0 Å². The lowest BCUT2D eigenvalue weighted by molar-refractivity contribution is -0.304. The molecule has 11 atom stereocenters. The Bertz CT molecular complexity index is 1040. The molecular formula is C27H50N8O9. The minimum absolute atomic E-state index is 0.0139. The molecule has 17 nitrogen and oxygen atoms in total. The maximum atomic E-state index is 13.3. The number of nitrogens with two attached hydrogens (primary N) is 3. The zero-order chi connectivity index (χ0) is 32.4. The van der Waals surface area contributed by atoms with Gasteiger partial charge in [-0.2, -0.15) is 0 Å². The molecule has 15 N–H and O–H groups in total. The third-order valence-corrected chi connectivity index (χ3v) is 8.79. The summed E-state index contributed by atoms with van der Waals surface area (Å²) in [5, 5.41) is 63.1. The van der Waals surface area contributed by atoms with E-state index in [1.165, 1.54) is 6.92 Å². The quantitative estimate of drug-likeness (QED) is 0.0755. The molecule has 2 aliphatic heterocycles. The summed E-state index contributed by atoms with van der Waals surface area (Å²) in [6.45, 7) is 4.50. The van der Waals surface area contributed by atoms with E-state index in [1.807, 2.05) is 13.0 Å². The molecule has 1 unspecified atom stereocenters. The number of aliphatic hydroxyl groups excluding tert-OH is 2. The van der Waals surface area contributed by atoms with Crippen molar-refractivity contribution in [2.45, 2.75) is 118 Å². The lowest BCUT2D eigenvalue weighted by Crippen LogP contribution is -2.71. The number of guanidine groups is 1. The van der Waals surface area contributed by atoms with E-state index in [1.54, 1.807) is 7.05 Å². The summed E-state index contributed by atoms with van der Waals surface area (Å²) in [5.74, 6) is -0.340. The minimum atomic E-state index is -1.74. The summed E-state index contributed by atoms with van der Waals surface area (Å²) < 4.78 is 23.9. The number of rotatable bonds is 11. The van der Waals surface area contributed by atoms with Crippen LogP contribution in [0.25, 0.3) is 0 Å². The fourth-order valence-electron chi connectivity index (χ4n) is 6.33. The van der Waals surface area contributed by atoms with Crippen LogP contribution in [-0.4, -0.2) is 137 Å². The van der Waals surface area contributed by atoms with Gasteiger partial charge in [0.15, 0.2) is 12.2 Å². The van der Waals surface area contributed by atoms with Gasteiger partial charge in [-0.15, -0.1) is 0 Å². The van der Waals surface area contributed by atoms with Crippen LogP contribution in [0.3, 0.4) is 0 Å². The van der Waals surface area contributed by atoms with E-state index in [-0.39, 0.29) is 37.9 Å². The first kappa shape index (κ1) is 34.7. The van der Waals surface area contributed by atoms with E-state index in [9.17, 15) is 25.2 Å². The molecule has 2 heterocycles. The van der Waals surface area contributed by atoms with E-state index < -0.39 is 78.3 Å². The molecule has 0 bridgehead atoms.